The Bertz CT molecular complexity index is 1000. The number of fused-ring (bicyclic) bond motifs is 3. The highest BCUT2D eigenvalue weighted by Crippen LogP contribution is 2.39. The summed E-state index contributed by atoms with van der Waals surface area (Å²) in [6.07, 6.45) is 0. The number of rotatable bonds is 1. The minimum Gasteiger partial charge on any atom is -0.508 e. The Balaban J connectivity index is 2.18. The molecule has 4 aromatic carbocycles. The lowest BCUT2D eigenvalue weighted by Crippen LogP contribution is -1.85. The second kappa shape index (κ2) is 4.78. The molecule has 0 radical (unpaired) electrons. The Hall–Kier alpha value is -3.00. The van der Waals surface area contributed by atoms with E-state index in [4.69, 9.17) is 0 Å². The molecule has 0 aromatic heterocycles. The minimum absolute atomic E-state index is 0.144. The molecule has 0 amide bonds. The lowest BCUT2D eigenvalue weighted by atomic mass is 9.93. The van der Waals surface area contributed by atoms with Gasteiger partial charge in [0.1, 0.15) is 11.5 Å². The number of benzene rings is 4. The maximum Gasteiger partial charge on any atom is 0.123 e. The van der Waals surface area contributed by atoms with Crippen LogP contribution in [0.2, 0.25) is 0 Å². The summed E-state index contributed by atoms with van der Waals surface area (Å²) in [6.45, 7) is 0. The van der Waals surface area contributed by atoms with E-state index < -0.39 is 0 Å². The van der Waals surface area contributed by atoms with Crippen LogP contribution in [-0.4, -0.2) is 10.2 Å². The third-order valence-electron chi connectivity index (χ3n) is 4.04. The molecule has 106 valence electrons. The third kappa shape index (κ3) is 1.89. The van der Waals surface area contributed by atoms with E-state index in [-0.39, 0.29) is 11.5 Å². The van der Waals surface area contributed by atoms with Gasteiger partial charge >= 0.3 is 0 Å². The maximum absolute atomic E-state index is 10.2. The van der Waals surface area contributed by atoms with Crippen molar-refractivity contribution in [1.29, 1.82) is 0 Å². The van der Waals surface area contributed by atoms with E-state index in [2.05, 4.69) is 24.3 Å². The fourth-order valence-electron chi connectivity index (χ4n) is 3.02. The Morgan fingerprint density at radius 3 is 2.05 bits per heavy atom. The van der Waals surface area contributed by atoms with Gasteiger partial charge in [-0.3, -0.25) is 0 Å². The molecule has 0 aliphatic carbocycles. The summed E-state index contributed by atoms with van der Waals surface area (Å²) in [5.74, 6) is 0.309. The van der Waals surface area contributed by atoms with Crippen molar-refractivity contribution in [2.24, 2.45) is 0 Å². The van der Waals surface area contributed by atoms with Crippen molar-refractivity contribution in [1.82, 2.24) is 0 Å². The van der Waals surface area contributed by atoms with Gasteiger partial charge in [-0.1, -0.05) is 48.5 Å². The summed E-state index contributed by atoms with van der Waals surface area (Å²) >= 11 is 0. The molecule has 0 aliphatic rings. The molecule has 0 bridgehead atoms. The van der Waals surface area contributed by atoms with Gasteiger partial charge < -0.3 is 10.2 Å². The molecule has 0 heterocycles. The number of hydrogen-bond acceptors (Lipinski definition) is 2. The first kappa shape index (κ1) is 12.7. The molecule has 2 nitrogen and oxygen atoms in total. The highest BCUT2D eigenvalue weighted by molar-refractivity contribution is 6.14. The highest BCUT2D eigenvalue weighted by atomic mass is 16.3. The lowest BCUT2D eigenvalue weighted by Gasteiger charge is -2.12. The van der Waals surface area contributed by atoms with E-state index in [1.165, 1.54) is 17.5 Å². The quantitative estimate of drug-likeness (QED) is 0.379. The van der Waals surface area contributed by atoms with Gasteiger partial charge in [-0.2, -0.15) is 0 Å². The van der Waals surface area contributed by atoms with Crippen LogP contribution in [0.25, 0.3) is 32.7 Å². The van der Waals surface area contributed by atoms with Crippen LogP contribution in [-0.2, 0) is 0 Å². The van der Waals surface area contributed by atoms with Crippen LogP contribution < -0.4 is 0 Å². The molecule has 0 atom stereocenters. The molecular weight excluding hydrogens is 272 g/mol. The van der Waals surface area contributed by atoms with Crippen LogP contribution in [0, 0.1) is 0 Å². The summed E-state index contributed by atoms with van der Waals surface area (Å²) in [5, 5.41) is 24.5. The van der Waals surface area contributed by atoms with Crippen LogP contribution >= 0.6 is 0 Å². The Labute approximate surface area is 127 Å². The van der Waals surface area contributed by atoms with E-state index >= 15 is 0 Å². The fourth-order valence-corrected chi connectivity index (χ4v) is 3.02. The summed E-state index contributed by atoms with van der Waals surface area (Å²) in [5.41, 5.74) is 1.56. The van der Waals surface area contributed by atoms with Crippen molar-refractivity contribution >= 4 is 21.5 Å². The molecule has 2 heteroatoms. The molecule has 0 fully saturated rings. The molecule has 0 saturated heterocycles. The zero-order chi connectivity index (χ0) is 15.1. The summed E-state index contributed by atoms with van der Waals surface area (Å²) in [4.78, 5) is 0. The van der Waals surface area contributed by atoms with Crippen LogP contribution in [0.4, 0.5) is 0 Å². The van der Waals surface area contributed by atoms with E-state index in [1.54, 1.807) is 6.07 Å². The van der Waals surface area contributed by atoms with Crippen molar-refractivity contribution < 1.29 is 10.2 Å². The number of hydrogen-bond donors (Lipinski definition) is 2. The molecule has 0 saturated carbocycles. The van der Waals surface area contributed by atoms with Gasteiger partial charge in [0.15, 0.2) is 0 Å². The largest absolute Gasteiger partial charge is 0.508 e. The summed E-state index contributed by atoms with van der Waals surface area (Å²) < 4.78 is 0. The third-order valence-corrected chi connectivity index (χ3v) is 4.04. The summed E-state index contributed by atoms with van der Waals surface area (Å²) in [7, 11) is 0. The zero-order valence-electron chi connectivity index (χ0n) is 11.8. The van der Waals surface area contributed by atoms with Gasteiger partial charge in [-0.15, -0.1) is 0 Å². The first-order valence-electron chi connectivity index (χ1n) is 7.17. The fraction of sp³-hybridized carbons (Fsp3) is 0. The van der Waals surface area contributed by atoms with Crippen LogP contribution in [0.3, 0.4) is 0 Å². The molecular formula is C20H14O2. The van der Waals surface area contributed by atoms with E-state index in [0.29, 0.717) is 5.56 Å². The molecule has 0 spiro atoms. The molecule has 22 heavy (non-hydrogen) atoms. The Morgan fingerprint density at radius 1 is 0.545 bits per heavy atom. The normalized spacial score (nSPS) is 11.1. The monoisotopic (exact) mass is 286 g/mol. The van der Waals surface area contributed by atoms with Gasteiger partial charge in [-0.05, 0) is 51.4 Å². The van der Waals surface area contributed by atoms with Gasteiger partial charge in [-0.25, -0.2) is 0 Å². The van der Waals surface area contributed by atoms with Crippen LogP contribution in [0.1, 0.15) is 0 Å². The highest BCUT2D eigenvalue weighted by Gasteiger charge is 2.11. The topological polar surface area (TPSA) is 40.5 Å². The number of phenols is 2. The van der Waals surface area contributed by atoms with Crippen molar-refractivity contribution in [2.75, 3.05) is 0 Å². The average Bonchev–Trinajstić information content (AvgIpc) is 2.56. The number of phenolic OH excluding ortho intramolecular Hbond substituents is 2. The van der Waals surface area contributed by atoms with Crippen molar-refractivity contribution in [2.45, 2.75) is 0 Å². The first-order valence-corrected chi connectivity index (χ1v) is 7.17. The molecule has 4 aromatic rings. The van der Waals surface area contributed by atoms with Gasteiger partial charge in [0, 0.05) is 5.56 Å². The first-order chi connectivity index (χ1) is 10.7. The second-order valence-corrected chi connectivity index (χ2v) is 5.39. The lowest BCUT2D eigenvalue weighted by molar-refractivity contribution is 0.462. The van der Waals surface area contributed by atoms with Gasteiger partial charge in [0.25, 0.3) is 0 Å². The SMILES string of the molecule is Oc1ccc(O)c(-c2cc3ccccc3c3ccccc23)c1. The Morgan fingerprint density at radius 2 is 1.23 bits per heavy atom. The maximum atomic E-state index is 10.2. The molecule has 0 aliphatic heterocycles. The van der Waals surface area contributed by atoms with Gasteiger partial charge in [0.2, 0.25) is 0 Å². The molecule has 2 N–H and O–H groups in total. The van der Waals surface area contributed by atoms with Crippen molar-refractivity contribution in [3.05, 3.63) is 72.8 Å². The standard InChI is InChI=1S/C20H14O2/c21-14-9-10-20(22)19(12-14)18-11-13-5-1-2-6-15(13)16-7-3-4-8-17(16)18/h1-12,21-22H. The van der Waals surface area contributed by atoms with Crippen molar-refractivity contribution in [3.63, 3.8) is 0 Å². The number of aromatic hydroxyl groups is 2. The summed E-state index contributed by atoms with van der Waals surface area (Å²) in [6, 6.07) is 23.0. The zero-order valence-corrected chi connectivity index (χ0v) is 11.8. The smallest absolute Gasteiger partial charge is 0.123 e. The minimum atomic E-state index is 0.144. The van der Waals surface area contributed by atoms with E-state index in [0.717, 1.165) is 21.7 Å². The predicted octanol–water partition coefficient (Wildman–Crippen LogP) is 5.07. The van der Waals surface area contributed by atoms with Crippen LogP contribution in [0.15, 0.2) is 72.8 Å². The van der Waals surface area contributed by atoms with Crippen molar-refractivity contribution in [3.8, 4) is 22.6 Å². The van der Waals surface area contributed by atoms with Crippen LogP contribution in [0.5, 0.6) is 11.5 Å². The van der Waals surface area contributed by atoms with Gasteiger partial charge in [0.05, 0.1) is 0 Å². The molecule has 4 rings (SSSR count). The molecule has 0 unspecified atom stereocenters. The second-order valence-electron chi connectivity index (χ2n) is 5.39. The predicted molar refractivity (Wildman–Crippen MR) is 90.2 cm³/mol. The van der Waals surface area contributed by atoms with E-state index in [1.807, 2.05) is 30.3 Å². The average molecular weight is 286 g/mol. The Kier molecular flexibility index (Phi) is 2.76. The van der Waals surface area contributed by atoms with E-state index in [9.17, 15) is 10.2 Å².